The van der Waals surface area contributed by atoms with Crippen molar-refractivity contribution in [3.8, 4) is 0 Å². The SMILES string of the molecule is O=C(N[C@H]1CN2CCC1CC2)c1cc2c(C(=O)C(F)(F)F)csc2cn1. The van der Waals surface area contributed by atoms with Crippen molar-refractivity contribution in [2.45, 2.75) is 25.1 Å². The molecule has 0 aromatic carbocycles. The minimum absolute atomic E-state index is 0.0289. The number of rotatable bonds is 3. The zero-order valence-electron chi connectivity index (χ0n) is 13.7. The molecule has 0 spiro atoms. The van der Waals surface area contributed by atoms with Gasteiger partial charge in [-0.25, -0.2) is 4.98 Å². The predicted octanol–water partition coefficient (Wildman–Crippen LogP) is 2.87. The lowest BCUT2D eigenvalue weighted by atomic mass is 9.84. The van der Waals surface area contributed by atoms with Crippen molar-refractivity contribution in [3.05, 3.63) is 28.9 Å². The molecule has 5 heterocycles. The number of carbonyl (C=O) groups excluding carboxylic acids is 2. The maximum atomic E-state index is 12.8. The molecule has 26 heavy (non-hydrogen) atoms. The lowest BCUT2D eigenvalue weighted by Crippen LogP contribution is -2.57. The van der Waals surface area contributed by atoms with E-state index < -0.39 is 23.4 Å². The maximum Gasteiger partial charge on any atom is 0.454 e. The number of fused-ring (bicyclic) bond motifs is 4. The average molecular weight is 383 g/mol. The Hall–Kier alpha value is -2.00. The van der Waals surface area contributed by atoms with Gasteiger partial charge in [-0.15, -0.1) is 11.3 Å². The molecule has 0 radical (unpaired) electrons. The highest BCUT2D eigenvalue weighted by molar-refractivity contribution is 7.17. The maximum absolute atomic E-state index is 12.8. The summed E-state index contributed by atoms with van der Waals surface area (Å²) >= 11 is 1.00. The molecule has 2 bridgehead atoms. The van der Waals surface area contributed by atoms with E-state index >= 15 is 0 Å². The van der Waals surface area contributed by atoms with E-state index in [1.807, 2.05) is 0 Å². The van der Waals surface area contributed by atoms with Crippen LogP contribution in [-0.2, 0) is 0 Å². The number of halogens is 3. The minimum Gasteiger partial charge on any atom is -0.346 e. The molecule has 1 N–H and O–H groups in total. The van der Waals surface area contributed by atoms with Crippen LogP contribution in [0.5, 0.6) is 0 Å². The van der Waals surface area contributed by atoms with E-state index in [1.54, 1.807) is 0 Å². The van der Waals surface area contributed by atoms with Gasteiger partial charge in [-0.3, -0.25) is 9.59 Å². The Morgan fingerprint density at radius 3 is 2.62 bits per heavy atom. The molecular formula is C17H16F3N3O2S. The van der Waals surface area contributed by atoms with Crippen molar-refractivity contribution >= 4 is 33.1 Å². The van der Waals surface area contributed by atoms with Crippen LogP contribution in [0.1, 0.15) is 33.7 Å². The zero-order chi connectivity index (χ0) is 18.5. The van der Waals surface area contributed by atoms with E-state index in [4.69, 9.17) is 0 Å². The number of ketones is 1. The van der Waals surface area contributed by atoms with Gasteiger partial charge in [0, 0.05) is 35.1 Å². The molecule has 138 valence electrons. The fraction of sp³-hybridized carbons (Fsp3) is 0.471. The summed E-state index contributed by atoms with van der Waals surface area (Å²) in [6, 6.07) is 1.31. The van der Waals surface area contributed by atoms with Gasteiger partial charge < -0.3 is 10.2 Å². The highest BCUT2D eigenvalue weighted by atomic mass is 32.1. The monoisotopic (exact) mass is 383 g/mol. The van der Waals surface area contributed by atoms with Crippen LogP contribution in [0.4, 0.5) is 13.2 Å². The Morgan fingerprint density at radius 1 is 1.27 bits per heavy atom. The number of nitrogens with one attached hydrogen (secondary N) is 1. The number of Topliss-reactive ketones (excluding diaryl/α,β-unsaturated/α-hetero) is 1. The number of aromatic nitrogens is 1. The molecule has 9 heteroatoms. The molecule has 1 amide bonds. The van der Waals surface area contributed by atoms with Gasteiger partial charge in [0.15, 0.2) is 0 Å². The van der Waals surface area contributed by atoms with E-state index in [-0.39, 0.29) is 17.1 Å². The lowest BCUT2D eigenvalue weighted by molar-refractivity contribution is -0.0883. The Morgan fingerprint density at radius 2 is 2.00 bits per heavy atom. The highest BCUT2D eigenvalue weighted by Crippen LogP contribution is 2.32. The van der Waals surface area contributed by atoms with Gasteiger partial charge in [-0.05, 0) is 37.9 Å². The van der Waals surface area contributed by atoms with Crippen LogP contribution in [0.25, 0.3) is 10.1 Å². The number of pyridine rings is 1. The van der Waals surface area contributed by atoms with Crippen molar-refractivity contribution < 1.29 is 22.8 Å². The standard InChI is InChI=1S/C17H16F3N3O2S/c18-17(19,20)15(24)11-8-26-14-6-21-12(5-10(11)14)16(25)22-13-7-23-3-1-9(13)2-4-23/h5-6,8-9,13H,1-4,7H2,(H,22,25)/t13-/m0/s1. The van der Waals surface area contributed by atoms with Crippen LogP contribution < -0.4 is 5.32 Å². The number of carbonyl (C=O) groups is 2. The minimum atomic E-state index is -4.95. The first-order valence-corrected chi connectivity index (χ1v) is 9.23. The van der Waals surface area contributed by atoms with Gasteiger partial charge in [0.2, 0.25) is 0 Å². The number of alkyl halides is 3. The summed E-state index contributed by atoms with van der Waals surface area (Å²) in [5, 5.41) is 4.24. The van der Waals surface area contributed by atoms with Crippen molar-refractivity contribution in [2.75, 3.05) is 19.6 Å². The number of amides is 1. The van der Waals surface area contributed by atoms with E-state index in [0.717, 1.165) is 49.2 Å². The van der Waals surface area contributed by atoms with Crippen LogP contribution in [0.15, 0.2) is 17.6 Å². The third-order valence-electron chi connectivity index (χ3n) is 5.17. The number of thiophene rings is 1. The molecule has 0 saturated carbocycles. The highest BCUT2D eigenvalue weighted by Gasteiger charge is 2.40. The summed E-state index contributed by atoms with van der Waals surface area (Å²) in [7, 11) is 0. The van der Waals surface area contributed by atoms with E-state index in [1.165, 1.54) is 12.3 Å². The van der Waals surface area contributed by atoms with Gasteiger partial charge in [0.1, 0.15) is 5.69 Å². The van der Waals surface area contributed by atoms with E-state index in [9.17, 15) is 22.8 Å². The van der Waals surface area contributed by atoms with Gasteiger partial charge in [0.25, 0.3) is 11.7 Å². The van der Waals surface area contributed by atoms with Crippen LogP contribution in [0.3, 0.4) is 0 Å². The van der Waals surface area contributed by atoms with E-state index in [0.29, 0.717) is 10.6 Å². The molecule has 0 aliphatic carbocycles. The molecule has 3 aliphatic rings. The Balaban J connectivity index is 1.58. The number of nitrogens with zero attached hydrogens (tertiary/aromatic N) is 2. The van der Waals surface area contributed by atoms with Gasteiger partial charge in [-0.1, -0.05) is 0 Å². The van der Waals surface area contributed by atoms with Crippen LogP contribution in [0.2, 0.25) is 0 Å². The molecule has 5 nitrogen and oxygen atoms in total. The lowest BCUT2D eigenvalue weighted by Gasteiger charge is -2.44. The first-order valence-electron chi connectivity index (χ1n) is 8.35. The molecule has 3 fully saturated rings. The van der Waals surface area contributed by atoms with Crippen molar-refractivity contribution in [2.24, 2.45) is 5.92 Å². The predicted molar refractivity (Wildman–Crippen MR) is 90.4 cm³/mol. The van der Waals surface area contributed by atoms with Crippen LogP contribution in [-0.4, -0.2) is 53.4 Å². The van der Waals surface area contributed by atoms with Crippen LogP contribution >= 0.6 is 11.3 Å². The molecule has 3 aliphatic heterocycles. The summed E-state index contributed by atoms with van der Waals surface area (Å²) in [5.41, 5.74) is -0.402. The fourth-order valence-corrected chi connectivity index (χ4v) is 4.64. The van der Waals surface area contributed by atoms with Gasteiger partial charge >= 0.3 is 6.18 Å². The second kappa shape index (κ2) is 6.31. The van der Waals surface area contributed by atoms with Gasteiger partial charge in [-0.2, -0.15) is 13.2 Å². The van der Waals surface area contributed by atoms with Gasteiger partial charge in [0.05, 0.1) is 4.70 Å². The molecule has 2 aromatic heterocycles. The summed E-state index contributed by atoms with van der Waals surface area (Å²) in [4.78, 5) is 30.5. The first-order chi connectivity index (χ1) is 12.3. The largest absolute Gasteiger partial charge is 0.454 e. The summed E-state index contributed by atoms with van der Waals surface area (Å²) in [6.45, 7) is 2.87. The summed E-state index contributed by atoms with van der Waals surface area (Å²) in [6.07, 6.45) is -1.54. The number of hydrogen-bond donors (Lipinski definition) is 1. The van der Waals surface area contributed by atoms with Crippen molar-refractivity contribution in [1.29, 1.82) is 0 Å². The summed E-state index contributed by atoms with van der Waals surface area (Å²) in [5.74, 6) is -1.89. The Kier molecular flexibility index (Phi) is 4.23. The fourth-order valence-electron chi connectivity index (χ4n) is 3.76. The quantitative estimate of drug-likeness (QED) is 0.828. The number of hydrogen-bond acceptors (Lipinski definition) is 5. The molecular weight excluding hydrogens is 367 g/mol. The Labute approximate surface area is 151 Å². The van der Waals surface area contributed by atoms with Crippen LogP contribution in [0, 0.1) is 5.92 Å². The third-order valence-corrected chi connectivity index (χ3v) is 6.10. The molecule has 2 aromatic rings. The molecule has 1 atom stereocenters. The average Bonchev–Trinajstić information content (AvgIpc) is 3.04. The second-order valence-electron chi connectivity index (χ2n) is 6.76. The third kappa shape index (κ3) is 3.09. The van der Waals surface area contributed by atoms with Crippen molar-refractivity contribution in [1.82, 2.24) is 15.2 Å². The molecule has 5 rings (SSSR count). The normalized spacial score (nSPS) is 25.4. The Bertz CT molecular complexity index is 872. The molecule has 0 unspecified atom stereocenters. The second-order valence-corrected chi connectivity index (χ2v) is 7.67. The number of piperidine rings is 3. The zero-order valence-corrected chi connectivity index (χ0v) is 14.5. The van der Waals surface area contributed by atoms with E-state index in [2.05, 4.69) is 15.2 Å². The first kappa shape index (κ1) is 17.4. The summed E-state index contributed by atoms with van der Waals surface area (Å²) < 4.78 is 38.7. The van der Waals surface area contributed by atoms with Crippen molar-refractivity contribution in [3.63, 3.8) is 0 Å². The molecule has 3 saturated heterocycles. The topological polar surface area (TPSA) is 62.3 Å². The smallest absolute Gasteiger partial charge is 0.346 e.